The van der Waals surface area contributed by atoms with Crippen LogP contribution in [0.2, 0.25) is 0 Å². The number of rotatable bonds is 6. The van der Waals surface area contributed by atoms with Crippen molar-refractivity contribution >= 4 is 0 Å². The van der Waals surface area contributed by atoms with E-state index in [9.17, 15) is 5.11 Å². The van der Waals surface area contributed by atoms with Crippen LogP contribution in [0.1, 0.15) is 49.7 Å². The fourth-order valence-electron chi connectivity index (χ4n) is 4.06. The van der Waals surface area contributed by atoms with E-state index in [1.54, 1.807) is 0 Å². The lowest BCUT2D eigenvalue weighted by molar-refractivity contribution is -0.0176. The number of benzene rings is 2. The van der Waals surface area contributed by atoms with E-state index in [1.165, 1.54) is 30.4 Å². The minimum atomic E-state index is -0.438. The smallest absolute Gasteiger partial charge is 0.0650 e. The van der Waals surface area contributed by atoms with Gasteiger partial charge in [-0.15, -0.1) is 0 Å². The van der Waals surface area contributed by atoms with Crippen molar-refractivity contribution in [3.8, 4) is 0 Å². The Labute approximate surface area is 140 Å². The molecule has 1 saturated carbocycles. The van der Waals surface area contributed by atoms with Gasteiger partial charge < -0.3 is 5.11 Å². The van der Waals surface area contributed by atoms with Crippen LogP contribution in [0.5, 0.6) is 0 Å². The normalized spacial score (nSPS) is 17.3. The van der Waals surface area contributed by atoms with Crippen molar-refractivity contribution in [1.82, 2.24) is 0 Å². The van der Waals surface area contributed by atoms with Gasteiger partial charge in [0.15, 0.2) is 0 Å². The zero-order chi connectivity index (χ0) is 16.0. The molecule has 0 aliphatic heterocycles. The fraction of sp³-hybridized carbons (Fsp3) is 0.455. The SMILES string of the molecule is OC1(CC(Cc2ccccc2)Cc2ccccc2)CCCCC1. The van der Waals surface area contributed by atoms with E-state index in [4.69, 9.17) is 0 Å². The van der Waals surface area contributed by atoms with Crippen LogP contribution >= 0.6 is 0 Å². The van der Waals surface area contributed by atoms with E-state index in [1.807, 2.05) is 0 Å². The Balaban J connectivity index is 1.72. The molecule has 0 radical (unpaired) electrons. The van der Waals surface area contributed by atoms with Gasteiger partial charge in [-0.1, -0.05) is 79.9 Å². The average Bonchev–Trinajstić information content (AvgIpc) is 2.57. The van der Waals surface area contributed by atoms with Gasteiger partial charge in [-0.05, 0) is 49.1 Å². The third-order valence-electron chi connectivity index (χ3n) is 5.19. The van der Waals surface area contributed by atoms with Crippen LogP contribution in [0.25, 0.3) is 0 Å². The highest BCUT2D eigenvalue weighted by Crippen LogP contribution is 2.35. The first kappa shape index (κ1) is 16.3. The van der Waals surface area contributed by atoms with E-state index in [2.05, 4.69) is 60.7 Å². The maximum atomic E-state index is 11.0. The topological polar surface area (TPSA) is 20.2 Å². The highest BCUT2D eigenvalue weighted by Gasteiger charge is 2.32. The van der Waals surface area contributed by atoms with Gasteiger partial charge in [0.1, 0.15) is 0 Å². The van der Waals surface area contributed by atoms with Crippen LogP contribution in [-0.4, -0.2) is 10.7 Å². The molecule has 0 unspecified atom stereocenters. The van der Waals surface area contributed by atoms with Gasteiger partial charge in [0.2, 0.25) is 0 Å². The summed E-state index contributed by atoms with van der Waals surface area (Å²) < 4.78 is 0. The summed E-state index contributed by atoms with van der Waals surface area (Å²) in [5.41, 5.74) is 2.33. The van der Waals surface area contributed by atoms with Crippen molar-refractivity contribution in [2.24, 2.45) is 5.92 Å². The van der Waals surface area contributed by atoms with Crippen molar-refractivity contribution in [1.29, 1.82) is 0 Å². The molecule has 1 N–H and O–H groups in total. The van der Waals surface area contributed by atoms with Crippen molar-refractivity contribution in [2.75, 3.05) is 0 Å². The molecule has 0 heterocycles. The molecule has 2 aromatic carbocycles. The molecule has 1 aliphatic carbocycles. The Hall–Kier alpha value is -1.60. The van der Waals surface area contributed by atoms with Gasteiger partial charge >= 0.3 is 0 Å². The summed E-state index contributed by atoms with van der Waals surface area (Å²) in [6.07, 6.45) is 8.64. The molecule has 0 atom stereocenters. The Morgan fingerprint density at radius 2 is 1.22 bits per heavy atom. The molecule has 3 rings (SSSR count). The number of hydrogen-bond donors (Lipinski definition) is 1. The first-order valence-corrected chi connectivity index (χ1v) is 9.04. The summed E-state index contributed by atoms with van der Waals surface area (Å²) in [6, 6.07) is 21.5. The van der Waals surface area contributed by atoms with Gasteiger partial charge in [-0.2, -0.15) is 0 Å². The van der Waals surface area contributed by atoms with Gasteiger partial charge in [0.05, 0.1) is 5.60 Å². The molecule has 0 bridgehead atoms. The molecular formula is C22H28O. The number of aliphatic hydroxyl groups is 1. The Bertz CT molecular complexity index is 528. The highest BCUT2D eigenvalue weighted by atomic mass is 16.3. The zero-order valence-corrected chi connectivity index (χ0v) is 14.0. The van der Waals surface area contributed by atoms with Gasteiger partial charge in [0.25, 0.3) is 0 Å². The molecule has 1 heteroatoms. The minimum Gasteiger partial charge on any atom is -0.390 e. The third kappa shape index (κ3) is 4.94. The zero-order valence-electron chi connectivity index (χ0n) is 14.0. The predicted octanol–water partition coefficient (Wildman–Crippen LogP) is 5.17. The largest absolute Gasteiger partial charge is 0.390 e. The van der Waals surface area contributed by atoms with E-state index in [0.29, 0.717) is 5.92 Å². The number of hydrogen-bond acceptors (Lipinski definition) is 1. The second-order valence-electron chi connectivity index (χ2n) is 7.23. The Kier molecular flexibility index (Phi) is 5.51. The molecule has 0 amide bonds. The van der Waals surface area contributed by atoms with E-state index < -0.39 is 5.60 Å². The van der Waals surface area contributed by atoms with Crippen LogP contribution in [0.15, 0.2) is 60.7 Å². The minimum absolute atomic E-state index is 0.438. The van der Waals surface area contributed by atoms with E-state index in [0.717, 1.165) is 32.1 Å². The van der Waals surface area contributed by atoms with Crippen LogP contribution in [0.3, 0.4) is 0 Å². The molecule has 1 fully saturated rings. The maximum absolute atomic E-state index is 11.0. The van der Waals surface area contributed by atoms with Crippen LogP contribution in [-0.2, 0) is 12.8 Å². The molecular weight excluding hydrogens is 280 g/mol. The van der Waals surface area contributed by atoms with Crippen molar-refractivity contribution in [3.63, 3.8) is 0 Å². The maximum Gasteiger partial charge on any atom is 0.0650 e. The molecule has 0 spiro atoms. The molecule has 23 heavy (non-hydrogen) atoms. The van der Waals surface area contributed by atoms with Gasteiger partial charge in [-0.3, -0.25) is 0 Å². The molecule has 0 saturated heterocycles. The lowest BCUT2D eigenvalue weighted by atomic mass is 9.76. The molecule has 122 valence electrons. The van der Waals surface area contributed by atoms with Gasteiger partial charge in [-0.25, -0.2) is 0 Å². The Morgan fingerprint density at radius 3 is 1.70 bits per heavy atom. The lowest BCUT2D eigenvalue weighted by Gasteiger charge is -2.35. The third-order valence-corrected chi connectivity index (χ3v) is 5.19. The summed E-state index contributed by atoms with van der Waals surface area (Å²) in [5, 5.41) is 11.0. The van der Waals surface area contributed by atoms with Gasteiger partial charge in [0, 0.05) is 0 Å². The summed E-state index contributed by atoms with van der Waals surface area (Å²) in [5.74, 6) is 0.503. The summed E-state index contributed by atoms with van der Waals surface area (Å²) in [6.45, 7) is 0. The monoisotopic (exact) mass is 308 g/mol. The van der Waals surface area contributed by atoms with Crippen molar-refractivity contribution in [3.05, 3.63) is 71.8 Å². The average molecular weight is 308 g/mol. The molecule has 1 nitrogen and oxygen atoms in total. The summed E-state index contributed by atoms with van der Waals surface area (Å²) in [4.78, 5) is 0. The second kappa shape index (κ2) is 7.79. The Morgan fingerprint density at radius 1 is 0.739 bits per heavy atom. The standard InChI is InChI=1S/C22H28O/c23-22(14-8-3-9-15-22)18-21(16-19-10-4-1-5-11-19)17-20-12-6-2-7-13-20/h1-2,4-7,10-13,21,23H,3,8-9,14-18H2. The molecule has 0 aromatic heterocycles. The van der Waals surface area contributed by atoms with Crippen LogP contribution in [0.4, 0.5) is 0 Å². The quantitative estimate of drug-likeness (QED) is 0.780. The van der Waals surface area contributed by atoms with Crippen LogP contribution in [0, 0.1) is 5.92 Å². The summed E-state index contributed by atoms with van der Waals surface area (Å²) in [7, 11) is 0. The second-order valence-corrected chi connectivity index (χ2v) is 7.23. The van der Waals surface area contributed by atoms with Crippen molar-refractivity contribution < 1.29 is 5.11 Å². The van der Waals surface area contributed by atoms with E-state index >= 15 is 0 Å². The predicted molar refractivity (Wildman–Crippen MR) is 96.4 cm³/mol. The summed E-state index contributed by atoms with van der Waals surface area (Å²) >= 11 is 0. The first-order chi connectivity index (χ1) is 11.2. The van der Waals surface area contributed by atoms with Crippen molar-refractivity contribution in [2.45, 2.75) is 57.0 Å². The fourth-order valence-corrected chi connectivity index (χ4v) is 4.06. The molecule has 1 aliphatic rings. The highest BCUT2D eigenvalue weighted by molar-refractivity contribution is 5.19. The van der Waals surface area contributed by atoms with Crippen LogP contribution < -0.4 is 0 Å². The van der Waals surface area contributed by atoms with E-state index in [-0.39, 0.29) is 0 Å². The molecule has 2 aromatic rings. The first-order valence-electron chi connectivity index (χ1n) is 9.04. The lowest BCUT2D eigenvalue weighted by Crippen LogP contribution is -2.34.